The molecule has 0 bridgehead atoms. The van der Waals surface area contributed by atoms with E-state index in [2.05, 4.69) is 37.2 Å². The van der Waals surface area contributed by atoms with Gasteiger partial charge in [-0.05, 0) is 48.5 Å². The van der Waals surface area contributed by atoms with Crippen molar-refractivity contribution in [2.75, 3.05) is 40.8 Å². The summed E-state index contributed by atoms with van der Waals surface area (Å²) in [6.07, 6.45) is -0.330. The van der Waals surface area contributed by atoms with E-state index in [9.17, 15) is 58.2 Å². The van der Waals surface area contributed by atoms with E-state index in [1.54, 1.807) is 99.6 Å². The van der Waals surface area contributed by atoms with Gasteiger partial charge < -0.3 is 62.1 Å². The van der Waals surface area contributed by atoms with Crippen molar-refractivity contribution in [3.63, 3.8) is 0 Å². The number of benzene rings is 1. The van der Waals surface area contributed by atoms with Crippen molar-refractivity contribution >= 4 is 59.1 Å². The number of hydrogen-bond acceptors (Lipinski definition) is 12. The van der Waals surface area contributed by atoms with Gasteiger partial charge >= 0.3 is 0 Å². The molecule has 1 saturated heterocycles. The Bertz CT molecular complexity index is 2090. The molecule has 1 fully saturated rings. The van der Waals surface area contributed by atoms with Gasteiger partial charge in [0.05, 0.1) is 25.8 Å². The molecule has 1 aliphatic heterocycles. The van der Waals surface area contributed by atoms with E-state index in [0.29, 0.717) is 24.8 Å². The average Bonchev–Trinajstić information content (AvgIpc) is 3.35. The Morgan fingerprint density at radius 1 is 0.527 bits per heavy atom. The van der Waals surface area contributed by atoms with Gasteiger partial charge in [0.1, 0.15) is 48.3 Å². The Kier molecular flexibility index (Phi) is 26.2. The van der Waals surface area contributed by atoms with E-state index in [1.165, 1.54) is 28.1 Å². The van der Waals surface area contributed by atoms with Crippen LogP contribution in [0.1, 0.15) is 107 Å². The lowest BCUT2D eigenvalue weighted by atomic mass is 9.94. The lowest BCUT2D eigenvalue weighted by molar-refractivity contribution is -0.148. The molecule has 22 nitrogen and oxygen atoms in total. The maximum Gasteiger partial charge on any atom is 0.246 e. The van der Waals surface area contributed by atoms with Crippen LogP contribution < -0.4 is 37.2 Å². The molecule has 74 heavy (non-hydrogen) atoms. The van der Waals surface area contributed by atoms with Crippen LogP contribution in [-0.2, 0) is 54.4 Å². The summed E-state index contributed by atoms with van der Waals surface area (Å²) >= 11 is 0. The molecule has 0 saturated carbocycles. The number of carbonyl (C=O) groups is 10. The van der Waals surface area contributed by atoms with Crippen LogP contribution in [0.25, 0.3) is 0 Å². The minimum atomic E-state index is -1.60. The van der Waals surface area contributed by atoms with Crippen molar-refractivity contribution in [2.45, 2.75) is 163 Å². The highest BCUT2D eigenvalue weighted by Gasteiger charge is 2.42. The van der Waals surface area contributed by atoms with Crippen LogP contribution in [0.3, 0.4) is 0 Å². The zero-order chi connectivity index (χ0) is 56.3. The van der Waals surface area contributed by atoms with Crippen molar-refractivity contribution in [2.24, 2.45) is 29.6 Å². The fourth-order valence-corrected chi connectivity index (χ4v) is 8.74. The Morgan fingerprint density at radius 2 is 1.00 bits per heavy atom. The third-order valence-corrected chi connectivity index (χ3v) is 13.9. The average molecular weight is 1040 g/mol. The van der Waals surface area contributed by atoms with Gasteiger partial charge in [0.15, 0.2) is 0 Å². The number of nitrogens with zero attached hydrogens (tertiary/aromatic N) is 3. The molecule has 0 unspecified atom stereocenters. The molecule has 12 atom stereocenters. The standard InChI is InChI=1S/C52H86N10O12/c1-15-30(8)40-47(69)56-36(27-63)45(67)58-42(32(10)17-3)52(74)61(13)43(29(6)7)48(70)54-25-38(65)55-35(23-28(4)5)50(72)62(14)44(33(11)64)49(71)59-41(31(9)16-2)51(73)60(12)37(24-34-21-19-18-20-22-34)46(68)53-26-39(66)57-40/h18-22,28-33,35-37,40-44,63-64H,15-17,23-27H2,1-14H3,(H,53,68)(H,54,70)(H,55,65)(H,56,69)(H,57,66)(H,58,67)(H,59,71)/t30-,31-,32-,33+,35-,36-,37-,40-,41-,42-,43-,44-/m0/s1. The van der Waals surface area contributed by atoms with Crippen molar-refractivity contribution in [3.05, 3.63) is 35.9 Å². The molecular formula is C52H86N10O12. The molecule has 22 heteroatoms. The van der Waals surface area contributed by atoms with Crippen molar-refractivity contribution < 1.29 is 58.2 Å². The molecule has 0 radical (unpaired) electrons. The van der Waals surface area contributed by atoms with E-state index in [-0.39, 0.29) is 18.8 Å². The second kappa shape index (κ2) is 30.3. The fourth-order valence-electron chi connectivity index (χ4n) is 8.74. The highest BCUT2D eigenvalue weighted by atomic mass is 16.3. The van der Waals surface area contributed by atoms with Crippen LogP contribution in [0, 0.1) is 29.6 Å². The Morgan fingerprint density at radius 3 is 1.49 bits per heavy atom. The van der Waals surface area contributed by atoms with Crippen LogP contribution in [-0.4, -0.2) is 179 Å². The monoisotopic (exact) mass is 1040 g/mol. The zero-order valence-corrected chi connectivity index (χ0v) is 45.9. The summed E-state index contributed by atoms with van der Waals surface area (Å²) in [6, 6.07) is -1.94. The molecular weight excluding hydrogens is 957 g/mol. The number of amides is 10. The highest BCUT2D eigenvalue weighted by Crippen LogP contribution is 2.20. The summed E-state index contributed by atoms with van der Waals surface area (Å²) in [5, 5.41) is 39.8. The summed E-state index contributed by atoms with van der Waals surface area (Å²) in [5.41, 5.74) is 0.653. The highest BCUT2D eigenvalue weighted by molar-refractivity contribution is 5.99. The molecule has 0 aromatic heterocycles. The molecule has 1 aromatic carbocycles. The summed E-state index contributed by atoms with van der Waals surface area (Å²) in [5.74, 6) is -10.2. The first-order valence-corrected chi connectivity index (χ1v) is 25.8. The zero-order valence-electron chi connectivity index (χ0n) is 45.9. The summed E-state index contributed by atoms with van der Waals surface area (Å²) in [4.78, 5) is 144. The van der Waals surface area contributed by atoms with Crippen molar-refractivity contribution in [1.29, 1.82) is 0 Å². The van der Waals surface area contributed by atoms with Gasteiger partial charge in [-0.3, -0.25) is 47.9 Å². The van der Waals surface area contributed by atoms with Gasteiger partial charge in [-0.1, -0.05) is 119 Å². The first-order valence-electron chi connectivity index (χ1n) is 25.8. The van der Waals surface area contributed by atoms with Gasteiger partial charge in [-0.25, -0.2) is 0 Å². The maximum atomic E-state index is 14.6. The minimum Gasteiger partial charge on any atom is -0.394 e. The second-order valence-electron chi connectivity index (χ2n) is 20.5. The van der Waals surface area contributed by atoms with E-state index >= 15 is 0 Å². The minimum absolute atomic E-state index is 0.0293. The third-order valence-electron chi connectivity index (χ3n) is 13.9. The number of carbonyl (C=O) groups excluding carboxylic acids is 10. The lowest BCUT2D eigenvalue weighted by Crippen LogP contribution is -2.63. The number of hydrogen-bond donors (Lipinski definition) is 9. The van der Waals surface area contributed by atoms with Crippen molar-refractivity contribution in [3.8, 4) is 0 Å². The van der Waals surface area contributed by atoms with Gasteiger partial charge in [-0.15, -0.1) is 0 Å². The molecule has 1 aliphatic rings. The molecule has 416 valence electrons. The molecule has 0 spiro atoms. The number of rotatable bonds is 13. The number of aliphatic hydroxyl groups excluding tert-OH is 2. The van der Waals surface area contributed by atoms with Crippen LogP contribution in [0.2, 0.25) is 0 Å². The van der Waals surface area contributed by atoms with E-state index in [1.807, 2.05) is 0 Å². The van der Waals surface area contributed by atoms with Gasteiger partial charge in [-0.2, -0.15) is 0 Å². The molecule has 1 aromatic rings. The first-order chi connectivity index (χ1) is 34.7. The quantitative estimate of drug-likeness (QED) is 0.122. The van der Waals surface area contributed by atoms with Crippen molar-refractivity contribution in [1.82, 2.24) is 51.9 Å². The third kappa shape index (κ3) is 18.0. The fraction of sp³-hybridized carbons (Fsp3) is 0.692. The van der Waals surface area contributed by atoms with Crippen LogP contribution in [0.4, 0.5) is 0 Å². The molecule has 10 amide bonds. The number of aliphatic hydroxyl groups is 2. The van der Waals surface area contributed by atoms with Gasteiger partial charge in [0.2, 0.25) is 59.1 Å². The van der Waals surface area contributed by atoms with Crippen LogP contribution in [0.15, 0.2) is 30.3 Å². The molecule has 1 heterocycles. The Hall–Kier alpha value is -6.16. The van der Waals surface area contributed by atoms with Crippen LogP contribution in [0.5, 0.6) is 0 Å². The second-order valence-corrected chi connectivity index (χ2v) is 20.5. The Labute approximate surface area is 437 Å². The predicted molar refractivity (Wildman–Crippen MR) is 277 cm³/mol. The van der Waals surface area contributed by atoms with Gasteiger partial charge in [0.25, 0.3) is 0 Å². The largest absolute Gasteiger partial charge is 0.394 e. The summed E-state index contributed by atoms with van der Waals surface area (Å²) in [7, 11) is 4.03. The molecule has 9 N–H and O–H groups in total. The van der Waals surface area contributed by atoms with E-state index in [0.717, 1.165) is 14.7 Å². The molecule has 2 rings (SSSR count). The first kappa shape index (κ1) is 64.0. The summed E-state index contributed by atoms with van der Waals surface area (Å²) < 4.78 is 0. The smallest absolute Gasteiger partial charge is 0.246 e. The maximum absolute atomic E-state index is 14.6. The van der Waals surface area contributed by atoms with Crippen LogP contribution >= 0.6 is 0 Å². The molecule has 0 aliphatic carbocycles. The summed E-state index contributed by atoms with van der Waals surface area (Å²) in [6.45, 7) is 16.5. The van der Waals surface area contributed by atoms with E-state index in [4.69, 9.17) is 0 Å². The lowest BCUT2D eigenvalue weighted by Gasteiger charge is -2.36. The van der Waals surface area contributed by atoms with E-state index < -0.39 is 157 Å². The number of likely N-dealkylation sites (N-methyl/N-ethyl adjacent to an activating group) is 3. The SMILES string of the molecule is CC[C@H](C)[C@@H]1NC(=O)CNC(=O)[C@H](Cc2ccccc2)N(C)C(=O)[C@H]([C@@H](C)CC)NC(=O)[C@H]([C@@H](C)O)N(C)C(=O)[C@H](CC(C)C)NC(=O)CNC(=O)[C@H](C(C)C)N(C)C(=O)[C@H]([C@@H](C)CC)NC(=O)[C@H](CO)NC1=O. The Balaban J connectivity index is 2.79. The normalized spacial score (nSPS) is 26.5. The number of nitrogens with one attached hydrogen (secondary N) is 7. The predicted octanol–water partition coefficient (Wildman–Crippen LogP) is -0.406. The van der Waals surface area contributed by atoms with Gasteiger partial charge in [0, 0.05) is 27.6 Å². The topological polar surface area (TPSA) is 305 Å².